The monoisotopic (exact) mass is 294 g/mol. The molecule has 2 N–H and O–H groups in total. The number of aromatic carboxylic acids is 2. The van der Waals surface area contributed by atoms with Gasteiger partial charge in [-0.3, -0.25) is 0 Å². The minimum Gasteiger partial charge on any atom is -0.478 e. The van der Waals surface area contributed by atoms with E-state index in [-0.39, 0.29) is 16.7 Å². The minimum atomic E-state index is -1.38. The summed E-state index contributed by atoms with van der Waals surface area (Å²) < 4.78 is 5.31. The molecule has 0 saturated carbocycles. The first-order chi connectivity index (χ1) is 9.68. The Hall–Kier alpha value is -2.37. The van der Waals surface area contributed by atoms with E-state index in [0.717, 1.165) is 18.6 Å². The Bertz CT molecular complexity index is 574. The Balaban J connectivity index is 3.15. The van der Waals surface area contributed by atoms with Crippen molar-refractivity contribution < 1.29 is 29.3 Å². The molecule has 0 heterocycles. The Morgan fingerprint density at radius 2 is 1.71 bits per heavy atom. The van der Waals surface area contributed by atoms with E-state index in [2.05, 4.69) is 0 Å². The molecule has 0 bridgehead atoms. The molecule has 0 fully saturated rings. The summed E-state index contributed by atoms with van der Waals surface area (Å²) in [4.78, 5) is 34.2. The van der Waals surface area contributed by atoms with Gasteiger partial charge in [0.1, 0.15) is 5.60 Å². The Morgan fingerprint density at radius 3 is 2.19 bits per heavy atom. The van der Waals surface area contributed by atoms with Crippen molar-refractivity contribution in [2.75, 3.05) is 0 Å². The van der Waals surface area contributed by atoms with Gasteiger partial charge in [0.05, 0.1) is 16.7 Å². The van der Waals surface area contributed by atoms with E-state index in [1.807, 2.05) is 6.92 Å². The standard InChI is InChI=1S/C15H18O6/c1-4-7-15(2,3)21-14(20)10-6-5-9(12(16)17)8-11(10)13(18)19/h5-6,8H,4,7H2,1-3H3,(H,16,17)(H,18,19). The second-order valence-corrected chi connectivity index (χ2v) is 5.27. The minimum absolute atomic E-state index is 0.156. The normalized spacial score (nSPS) is 11.0. The molecule has 0 aliphatic carbocycles. The van der Waals surface area contributed by atoms with Crippen molar-refractivity contribution in [1.82, 2.24) is 0 Å². The van der Waals surface area contributed by atoms with Crippen LogP contribution in [0.1, 0.15) is 64.7 Å². The van der Waals surface area contributed by atoms with E-state index in [9.17, 15) is 14.4 Å². The predicted octanol–water partition coefficient (Wildman–Crippen LogP) is 2.82. The molecular weight excluding hydrogens is 276 g/mol. The highest BCUT2D eigenvalue weighted by Crippen LogP contribution is 2.21. The van der Waals surface area contributed by atoms with Crippen molar-refractivity contribution in [3.05, 3.63) is 34.9 Å². The van der Waals surface area contributed by atoms with Crippen molar-refractivity contribution in [1.29, 1.82) is 0 Å². The van der Waals surface area contributed by atoms with Crippen molar-refractivity contribution in [2.45, 2.75) is 39.2 Å². The summed E-state index contributed by atoms with van der Waals surface area (Å²) in [5.74, 6) is -3.41. The second kappa shape index (κ2) is 6.39. The quantitative estimate of drug-likeness (QED) is 0.782. The van der Waals surface area contributed by atoms with Crippen LogP contribution in [0.4, 0.5) is 0 Å². The summed E-state index contributed by atoms with van der Waals surface area (Å²) in [5.41, 5.74) is -1.45. The summed E-state index contributed by atoms with van der Waals surface area (Å²) >= 11 is 0. The third kappa shape index (κ3) is 4.30. The third-order valence-electron chi connectivity index (χ3n) is 2.94. The molecule has 0 spiro atoms. The molecule has 0 radical (unpaired) electrons. The molecule has 0 aromatic heterocycles. The molecule has 0 saturated heterocycles. The number of rotatable bonds is 6. The molecule has 114 valence electrons. The first-order valence-corrected chi connectivity index (χ1v) is 6.52. The molecule has 21 heavy (non-hydrogen) atoms. The number of esters is 1. The van der Waals surface area contributed by atoms with Gasteiger partial charge in [0, 0.05) is 0 Å². The van der Waals surface area contributed by atoms with Crippen LogP contribution in [0.25, 0.3) is 0 Å². The maximum absolute atomic E-state index is 12.1. The summed E-state index contributed by atoms with van der Waals surface area (Å²) in [7, 11) is 0. The molecule has 6 heteroatoms. The van der Waals surface area contributed by atoms with E-state index in [1.54, 1.807) is 13.8 Å². The van der Waals surface area contributed by atoms with Gasteiger partial charge in [-0.25, -0.2) is 14.4 Å². The maximum Gasteiger partial charge on any atom is 0.339 e. The van der Waals surface area contributed by atoms with E-state index in [4.69, 9.17) is 14.9 Å². The highest BCUT2D eigenvalue weighted by Gasteiger charge is 2.26. The summed E-state index contributed by atoms with van der Waals surface area (Å²) in [6.45, 7) is 5.42. The molecule has 0 aliphatic heterocycles. The summed E-state index contributed by atoms with van der Waals surface area (Å²) in [5, 5.41) is 18.0. The number of carbonyl (C=O) groups excluding carboxylic acids is 1. The number of carboxylic acid groups (broad SMARTS) is 2. The number of hydrogen-bond donors (Lipinski definition) is 2. The zero-order chi connectivity index (χ0) is 16.2. The molecular formula is C15H18O6. The predicted molar refractivity (Wildman–Crippen MR) is 74.8 cm³/mol. The molecule has 0 atom stereocenters. The van der Waals surface area contributed by atoms with Crippen molar-refractivity contribution in [2.24, 2.45) is 0 Å². The Morgan fingerprint density at radius 1 is 1.10 bits per heavy atom. The average molecular weight is 294 g/mol. The largest absolute Gasteiger partial charge is 0.478 e. The lowest BCUT2D eigenvalue weighted by molar-refractivity contribution is -0.00505. The van der Waals surface area contributed by atoms with Crippen LogP contribution in [0.3, 0.4) is 0 Å². The van der Waals surface area contributed by atoms with Gasteiger partial charge in [0.2, 0.25) is 0 Å². The highest BCUT2D eigenvalue weighted by molar-refractivity contribution is 6.04. The number of ether oxygens (including phenoxy) is 1. The maximum atomic E-state index is 12.1. The van der Waals surface area contributed by atoms with Gasteiger partial charge in [-0.1, -0.05) is 13.3 Å². The lowest BCUT2D eigenvalue weighted by Crippen LogP contribution is -2.28. The number of carboxylic acids is 2. The number of hydrogen-bond acceptors (Lipinski definition) is 4. The van der Waals surface area contributed by atoms with Crippen LogP contribution in [0, 0.1) is 0 Å². The molecule has 1 rings (SSSR count). The average Bonchev–Trinajstić information content (AvgIpc) is 2.36. The van der Waals surface area contributed by atoms with Crippen LogP contribution in [-0.2, 0) is 4.74 Å². The molecule has 6 nitrogen and oxygen atoms in total. The fraction of sp³-hybridized carbons (Fsp3) is 0.400. The van der Waals surface area contributed by atoms with Gasteiger partial charge >= 0.3 is 17.9 Å². The van der Waals surface area contributed by atoms with Crippen LogP contribution < -0.4 is 0 Å². The first kappa shape index (κ1) is 16.7. The van der Waals surface area contributed by atoms with Gasteiger partial charge in [-0.05, 0) is 38.5 Å². The van der Waals surface area contributed by atoms with Crippen molar-refractivity contribution in [3.63, 3.8) is 0 Å². The van der Waals surface area contributed by atoms with E-state index >= 15 is 0 Å². The summed E-state index contributed by atoms with van der Waals surface area (Å²) in [6.07, 6.45) is 1.44. The zero-order valence-electron chi connectivity index (χ0n) is 12.2. The van der Waals surface area contributed by atoms with E-state index in [0.29, 0.717) is 6.42 Å². The topological polar surface area (TPSA) is 101 Å². The van der Waals surface area contributed by atoms with Crippen molar-refractivity contribution in [3.8, 4) is 0 Å². The van der Waals surface area contributed by atoms with Gasteiger partial charge in [0.25, 0.3) is 0 Å². The van der Waals surface area contributed by atoms with Gasteiger partial charge in [-0.15, -0.1) is 0 Å². The lowest BCUT2D eigenvalue weighted by Gasteiger charge is -2.24. The van der Waals surface area contributed by atoms with E-state index < -0.39 is 23.5 Å². The number of carbonyl (C=O) groups is 3. The van der Waals surface area contributed by atoms with Gasteiger partial charge < -0.3 is 14.9 Å². The fourth-order valence-corrected chi connectivity index (χ4v) is 1.99. The number of benzene rings is 1. The van der Waals surface area contributed by atoms with Crippen molar-refractivity contribution >= 4 is 17.9 Å². The summed E-state index contributed by atoms with van der Waals surface area (Å²) in [6, 6.07) is 3.30. The molecule has 1 aromatic rings. The first-order valence-electron chi connectivity index (χ1n) is 6.52. The van der Waals surface area contributed by atoms with E-state index in [1.165, 1.54) is 6.07 Å². The molecule has 0 unspecified atom stereocenters. The van der Waals surface area contributed by atoms with Crippen LogP contribution in [-0.4, -0.2) is 33.7 Å². The molecule has 0 aliphatic rings. The van der Waals surface area contributed by atoms with Crippen LogP contribution in [0.2, 0.25) is 0 Å². The Labute approximate surface area is 122 Å². The smallest absolute Gasteiger partial charge is 0.339 e. The van der Waals surface area contributed by atoms with Crippen LogP contribution >= 0.6 is 0 Å². The third-order valence-corrected chi connectivity index (χ3v) is 2.94. The second-order valence-electron chi connectivity index (χ2n) is 5.27. The van der Waals surface area contributed by atoms with Gasteiger partial charge in [-0.2, -0.15) is 0 Å². The van der Waals surface area contributed by atoms with Crippen LogP contribution in [0.5, 0.6) is 0 Å². The SMILES string of the molecule is CCCC(C)(C)OC(=O)c1ccc(C(=O)O)cc1C(=O)O. The highest BCUT2D eigenvalue weighted by atomic mass is 16.6. The fourth-order valence-electron chi connectivity index (χ4n) is 1.99. The Kier molecular flexibility index (Phi) is 5.07. The van der Waals surface area contributed by atoms with Crippen LogP contribution in [0.15, 0.2) is 18.2 Å². The molecule has 1 aromatic carbocycles. The lowest BCUT2D eigenvalue weighted by atomic mass is 10.0. The van der Waals surface area contributed by atoms with Gasteiger partial charge in [0.15, 0.2) is 0 Å². The molecule has 0 amide bonds. The zero-order valence-corrected chi connectivity index (χ0v) is 12.2.